The number of methoxy groups -OCH3 is 1. The van der Waals surface area contributed by atoms with Crippen LogP contribution in [0.1, 0.15) is 12.5 Å². The van der Waals surface area contributed by atoms with E-state index in [0.717, 1.165) is 0 Å². The van der Waals surface area contributed by atoms with Gasteiger partial charge in [-0.1, -0.05) is 5.16 Å². The number of hydrogen-bond donors (Lipinski definition) is 2. The van der Waals surface area contributed by atoms with Gasteiger partial charge in [-0.2, -0.15) is 21.6 Å². The van der Waals surface area contributed by atoms with Crippen LogP contribution in [0.3, 0.4) is 0 Å². The molecule has 0 saturated carbocycles. The first-order valence-electron chi connectivity index (χ1n) is 8.67. The summed E-state index contributed by atoms with van der Waals surface area (Å²) in [5.74, 6) is 0.0459. The van der Waals surface area contributed by atoms with Crippen LogP contribution in [-0.4, -0.2) is 82.6 Å². The van der Waals surface area contributed by atoms with Crippen molar-refractivity contribution in [1.29, 1.82) is 0 Å². The molecule has 1 aromatic rings. The van der Waals surface area contributed by atoms with Crippen LogP contribution in [0.5, 0.6) is 5.75 Å². The SMILES string of the molecule is CCOCCOCCOCCS(=O)(=O)O.COc1ccc(/C(=N/O)C(F)(F)F)cc1. The lowest BCUT2D eigenvalue weighted by atomic mass is 10.1. The molecular formula is C17H26F3NO8S. The topological polar surface area (TPSA) is 124 Å². The fourth-order valence-corrected chi connectivity index (χ4v) is 2.10. The second-order valence-electron chi connectivity index (χ2n) is 5.38. The maximum Gasteiger partial charge on any atom is 0.437 e. The Morgan fingerprint density at radius 3 is 1.90 bits per heavy atom. The van der Waals surface area contributed by atoms with Gasteiger partial charge in [0.15, 0.2) is 5.71 Å². The Labute approximate surface area is 173 Å². The van der Waals surface area contributed by atoms with Gasteiger partial charge in [0, 0.05) is 12.2 Å². The van der Waals surface area contributed by atoms with Crippen LogP contribution in [0.2, 0.25) is 0 Å². The van der Waals surface area contributed by atoms with Crippen molar-refractivity contribution in [2.24, 2.45) is 5.16 Å². The van der Waals surface area contributed by atoms with Gasteiger partial charge in [-0.25, -0.2) is 0 Å². The molecular weight excluding hydrogens is 435 g/mol. The molecule has 0 atom stereocenters. The summed E-state index contributed by atoms with van der Waals surface area (Å²) >= 11 is 0. The van der Waals surface area contributed by atoms with Gasteiger partial charge in [0.25, 0.3) is 10.1 Å². The van der Waals surface area contributed by atoms with Gasteiger partial charge in [0.05, 0.1) is 45.9 Å². The summed E-state index contributed by atoms with van der Waals surface area (Å²) < 4.78 is 85.5. The zero-order valence-corrected chi connectivity index (χ0v) is 17.4. The lowest BCUT2D eigenvalue weighted by Crippen LogP contribution is -2.23. The zero-order valence-electron chi connectivity index (χ0n) is 16.6. The second-order valence-corrected chi connectivity index (χ2v) is 6.95. The lowest BCUT2D eigenvalue weighted by molar-refractivity contribution is -0.0601. The third-order valence-electron chi connectivity index (χ3n) is 3.17. The van der Waals surface area contributed by atoms with Crippen LogP contribution < -0.4 is 4.74 Å². The van der Waals surface area contributed by atoms with Gasteiger partial charge >= 0.3 is 6.18 Å². The van der Waals surface area contributed by atoms with Crippen molar-refractivity contribution in [1.82, 2.24) is 0 Å². The summed E-state index contributed by atoms with van der Waals surface area (Å²) in [5, 5.41) is 10.5. The van der Waals surface area contributed by atoms with Crippen molar-refractivity contribution in [2.45, 2.75) is 13.1 Å². The predicted molar refractivity (Wildman–Crippen MR) is 102 cm³/mol. The number of nitrogens with zero attached hydrogens (tertiary/aromatic N) is 1. The van der Waals surface area contributed by atoms with E-state index in [2.05, 4.69) is 5.16 Å². The van der Waals surface area contributed by atoms with E-state index in [1.54, 1.807) is 0 Å². The number of halogens is 3. The van der Waals surface area contributed by atoms with E-state index in [-0.39, 0.29) is 17.9 Å². The molecule has 0 aromatic heterocycles. The molecule has 0 radical (unpaired) electrons. The lowest BCUT2D eigenvalue weighted by Gasteiger charge is -2.08. The minimum Gasteiger partial charge on any atom is -0.497 e. The van der Waals surface area contributed by atoms with E-state index in [0.29, 0.717) is 38.8 Å². The highest BCUT2D eigenvalue weighted by Gasteiger charge is 2.37. The molecule has 13 heteroatoms. The van der Waals surface area contributed by atoms with E-state index in [1.165, 1.54) is 31.4 Å². The quantitative estimate of drug-likeness (QED) is 0.160. The molecule has 0 amide bonds. The number of ether oxygens (including phenoxy) is 4. The van der Waals surface area contributed by atoms with Crippen LogP contribution in [0.4, 0.5) is 13.2 Å². The van der Waals surface area contributed by atoms with Crippen molar-refractivity contribution in [3.63, 3.8) is 0 Å². The van der Waals surface area contributed by atoms with Crippen LogP contribution in [0.25, 0.3) is 0 Å². The summed E-state index contributed by atoms with van der Waals surface area (Å²) in [6, 6.07) is 5.04. The van der Waals surface area contributed by atoms with Crippen LogP contribution >= 0.6 is 0 Å². The first kappa shape index (κ1) is 28.1. The number of oxime groups is 1. The van der Waals surface area contributed by atoms with Crippen molar-refractivity contribution < 1.29 is 50.3 Å². The molecule has 9 nitrogen and oxygen atoms in total. The molecule has 174 valence electrons. The highest BCUT2D eigenvalue weighted by atomic mass is 32.2. The van der Waals surface area contributed by atoms with E-state index >= 15 is 0 Å². The van der Waals surface area contributed by atoms with Crippen molar-refractivity contribution in [2.75, 3.05) is 52.5 Å². The Morgan fingerprint density at radius 2 is 1.50 bits per heavy atom. The second kappa shape index (κ2) is 15.0. The molecule has 0 bridgehead atoms. The molecule has 1 aromatic carbocycles. The van der Waals surface area contributed by atoms with E-state index < -0.39 is 22.0 Å². The minimum atomic E-state index is -4.68. The Bertz CT molecular complexity index is 709. The molecule has 0 aliphatic carbocycles. The van der Waals surface area contributed by atoms with Crippen molar-refractivity contribution in [3.8, 4) is 5.75 Å². The zero-order chi connectivity index (χ0) is 23.0. The van der Waals surface area contributed by atoms with E-state index in [4.69, 9.17) is 28.7 Å². The Kier molecular flexibility index (Phi) is 14.0. The van der Waals surface area contributed by atoms with Gasteiger partial charge in [-0.15, -0.1) is 0 Å². The van der Waals surface area contributed by atoms with Gasteiger partial charge in [0.1, 0.15) is 5.75 Å². The van der Waals surface area contributed by atoms with Crippen molar-refractivity contribution in [3.05, 3.63) is 29.8 Å². The highest BCUT2D eigenvalue weighted by Crippen LogP contribution is 2.23. The van der Waals surface area contributed by atoms with E-state index in [9.17, 15) is 21.6 Å². The number of benzene rings is 1. The number of hydrogen-bond acceptors (Lipinski definition) is 8. The maximum atomic E-state index is 12.3. The number of rotatable bonds is 12. The van der Waals surface area contributed by atoms with E-state index in [1.807, 2.05) is 6.92 Å². The molecule has 0 unspecified atom stereocenters. The third-order valence-corrected chi connectivity index (χ3v) is 3.85. The fourth-order valence-electron chi connectivity index (χ4n) is 1.78. The largest absolute Gasteiger partial charge is 0.497 e. The standard InChI is InChI=1S/C9H8F3NO2.C8H18O6S/c1-15-7-4-2-6(3-5-7)8(13-14)9(10,11)12;1-2-12-3-4-13-5-6-14-7-8-15(9,10)11/h2-5,14H,1H3;2-8H2,1H3,(H,9,10,11)/b13-8-;. The molecule has 0 fully saturated rings. The molecule has 30 heavy (non-hydrogen) atoms. The molecule has 0 saturated heterocycles. The highest BCUT2D eigenvalue weighted by molar-refractivity contribution is 7.85. The van der Waals surface area contributed by atoms with Crippen molar-refractivity contribution >= 4 is 15.8 Å². The third kappa shape index (κ3) is 14.1. The minimum absolute atomic E-state index is 0.0202. The molecule has 2 N–H and O–H groups in total. The summed E-state index contributed by atoms with van der Waals surface area (Å²) in [6.07, 6.45) is -4.68. The summed E-state index contributed by atoms with van der Waals surface area (Å²) in [6.45, 7) is 4.28. The number of alkyl halides is 3. The Morgan fingerprint density at radius 1 is 1.00 bits per heavy atom. The first-order chi connectivity index (χ1) is 14.0. The Hall–Kier alpha value is -1.93. The molecule has 0 aliphatic rings. The molecule has 0 heterocycles. The van der Waals surface area contributed by atoms with Gasteiger partial charge < -0.3 is 24.2 Å². The maximum absolute atomic E-state index is 12.3. The molecule has 1 rings (SSSR count). The summed E-state index contributed by atoms with van der Waals surface area (Å²) in [4.78, 5) is 0. The van der Waals surface area contributed by atoms with Crippen LogP contribution in [-0.2, 0) is 24.3 Å². The molecule has 0 spiro atoms. The summed E-state index contributed by atoms with van der Waals surface area (Å²) in [7, 11) is -2.51. The fraction of sp³-hybridized carbons (Fsp3) is 0.588. The normalized spacial score (nSPS) is 12.3. The van der Waals surface area contributed by atoms with Gasteiger partial charge in [-0.3, -0.25) is 4.55 Å². The van der Waals surface area contributed by atoms with Crippen LogP contribution in [0, 0.1) is 0 Å². The Balaban J connectivity index is 0.000000561. The van der Waals surface area contributed by atoms with Gasteiger partial charge in [-0.05, 0) is 31.2 Å². The average molecular weight is 461 g/mol. The average Bonchev–Trinajstić information content (AvgIpc) is 2.66. The van der Waals surface area contributed by atoms with Crippen LogP contribution in [0.15, 0.2) is 29.4 Å². The molecule has 0 aliphatic heterocycles. The first-order valence-corrected chi connectivity index (χ1v) is 10.3. The predicted octanol–water partition coefficient (Wildman–Crippen LogP) is 2.38. The summed E-state index contributed by atoms with van der Waals surface area (Å²) in [5.41, 5.74) is -1.55. The van der Waals surface area contributed by atoms with Gasteiger partial charge in [0.2, 0.25) is 0 Å². The smallest absolute Gasteiger partial charge is 0.437 e. The monoisotopic (exact) mass is 461 g/mol.